The van der Waals surface area contributed by atoms with E-state index in [9.17, 15) is 4.79 Å². The van der Waals surface area contributed by atoms with Gasteiger partial charge in [-0.05, 0) is 51.8 Å². The molecule has 8 nitrogen and oxygen atoms in total. The number of carbonyl (C=O) groups excluding carboxylic acids is 1. The maximum atomic E-state index is 12.3. The second kappa shape index (κ2) is 9.08. The number of aromatic nitrogens is 3. The van der Waals surface area contributed by atoms with E-state index in [1.807, 2.05) is 39.0 Å². The first-order valence-corrected chi connectivity index (χ1v) is 12.0. The van der Waals surface area contributed by atoms with Crippen molar-refractivity contribution in [3.05, 3.63) is 54.5 Å². The lowest BCUT2D eigenvalue weighted by Gasteiger charge is -2.42. The molecule has 2 fully saturated rings. The summed E-state index contributed by atoms with van der Waals surface area (Å²) in [4.78, 5) is 31.0. The number of fused-ring (bicyclic) bond motifs is 1. The number of benzene rings is 1. The van der Waals surface area contributed by atoms with Crippen LogP contribution in [0.2, 0.25) is 0 Å². The van der Waals surface area contributed by atoms with Crippen molar-refractivity contribution in [2.24, 2.45) is 0 Å². The fraction of sp³-hybridized carbons (Fsp3) is 0.462. The zero-order valence-corrected chi connectivity index (χ0v) is 20.1. The Morgan fingerprint density at radius 3 is 2.65 bits per heavy atom. The van der Waals surface area contributed by atoms with E-state index in [0.29, 0.717) is 12.5 Å². The van der Waals surface area contributed by atoms with Gasteiger partial charge in [-0.15, -0.1) is 0 Å². The molecule has 1 atom stereocenters. The standard InChI is InChI=1S/C26H32N6O2/c1-26(2,3)30-25(33)34-20-8-6-14-31(17-20)24-23(27-12-13-28-24)19-15-32(16-19)22-11-10-18-7-4-5-9-21(18)29-22/h4-5,7,9-13,19-20H,6,8,14-17H2,1-3H3,(H,30,33). The number of alkyl carbamates (subject to hydrolysis) is 1. The van der Waals surface area contributed by atoms with Gasteiger partial charge in [0.2, 0.25) is 0 Å². The molecule has 2 aliphatic heterocycles. The van der Waals surface area contributed by atoms with Crippen molar-refractivity contribution in [2.75, 3.05) is 36.0 Å². The zero-order valence-electron chi connectivity index (χ0n) is 20.1. The van der Waals surface area contributed by atoms with Crippen LogP contribution >= 0.6 is 0 Å². The normalized spacial score (nSPS) is 19.1. The first-order valence-electron chi connectivity index (χ1n) is 12.0. The number of rotatable bonds is 4. The number of ether oxygens (including phenoxy) is 1. The second-order valence-corrected chi connectivity index (χ2v) is 10.2. The number of hydrogen-bond acceptors (Lipinski definition) is 7. The van der Waals surface area contributed by atoms with Crippen molar-refractivity contribution in [1.29, 1.82) is 0 Å². The molecule has 1 aromatic carbocycles. The van der Waals surface area contributed by atoms with Crippen LogP contribution in [0, 0.1) is 0 Å². The molecule has 2 aliphatic rings. The Labute approximate surface area is 200 Å². The van der Waals surface area contributed by atoms with Gasteiger partial charge in [0.05, 0.1) is 17.8 Å². The van der Waals surface area contributed by atoms with Crippen LogP contribution in [-0.4, -0.2) is 58.9 Å². The van der Waals surface area contributed by atoms with Crippen molar-refractivity contribution < 1.29 is 9.53 Å². The molecule has 0 saturated carbocycles. The fourth-order valence-electron chi connectivity index (χ4n) is 4.66. The SMILES string of the molecule is CC(C)(C)NC(=O)OC1CCCN(c2nccnc2C2CN(c3ccc4ccccc4n3)C2)C1. The average Bonchev–Trinajstić information content (AvgIpc) is 2.77. The summed E-state index contributed by atoms with van der Waals surface area (Å²) in [5.41, 5.74) is 1.71. The van der Waals surface area contributed by atoms with Gasteiger partial charge in [-0.3, -0.25) is 4.98 Å². The van der Waals surface area contributed by atoms with Crippen LogP contribution in [0.5, 0.6) is 0 Å². The Morgan fingerprint density at radius 1 is 1.03 bits per heavy atom. The minimum Gasteiger partial charge on any atom is -0.444 e. The molecule has 2 saturated heterocycles. The third kappa shape index (κ3) is 4.90. The van der Waals surface area contributed by atoms with E-state index in [1.54, 1.807) is 12.4 Å². The Kier molecular flexibility index (Phi) is 5.98. The molecule has 4 heterocycles. The van der Waals surface area contributed by atoms with Gasteiger partial charge in [0.25, 0.3) is 0 Å². The highest BCUT2D eigenvalue weighted by Gasteiger charge is 2.35. The maximum absolute atomic E-state index is 12.3. The summed E-state index contributed by atoms with van der Waals surface area (Å²) in [5, 5.41) is 4.03. The fourth-order valence-corrected chi connectivity index (χ4v) is 4.66. The number of amides is 1. The average molecular weight is 461 g/mol. The number of hydrogen-bond donors (Lipinski definition) is 1. The van der Waals surface area contributed by atoms with Crippen LogP contribution < -0.4 is 15.1 Å². The maximum Gasteiger partial charge on any atom is 0.407 e. The summed E-state index contributed by atoms with van der Waals surface area (Å²) in [6.07, 6.45) is 4.79. The minimum atomic E-state index is -0.365. The number of piperidine rings is 1. The van der Waals surface area contributed by atoms with Crippen molar-refractivity contribution in [3.63, 3.8) is 0 Å². The highest BCUT2D eigenvalue weighted by atomic mass is 16.6. The van der Waals surface area contributed by atoms with Gasteiger partial charge >= 0.3 is 6.09 Å². The second-order valence-electron chi connectivity index (χ2n) is 10.2. The van der Waals surface area contributed by atoms with Crippen LogP contribution in [0.3, 0.4) is 0 Å². The van der Waals surface area contributed by atoms with E-state index in [2.05, 4.69) is 33.3 Å². The third-order valence-corrected chi connectivity index (χ3v) is 6.31. The molecule has 0 radical (unpaired) electrons. The van der Waals surface area contributed by atoms with Gasteiger partial charge < -0.3 is 19.9 Å². The summed E-state index contributed by atoms with van der Waals surface area (Å²) in [5.74, 6) is 2.20. The summed E-state index contributed by atoms with van der Waals surface area (Å²) in [6, 6.07) is 12.4. The number of pyridine rings is 1. The first kappa shape index (κ1) is 22.4. The summed E-state index contributed by atoms with van der Waals surface area (Å²) in [6.45, 7) is 9.08. The quantitative estimate of drug-likeness (QED) is 0.627. The van der Waals surface area contributed by atoms with Crippen molar-refractivity contribution in [2.45, 2.75) is 51.2 Å². The first-order chi connectivity index (χ1) is 16.4. The summed E-state index contributed by atoms with van der Waals surface area (Å²) in [7, 11) is 0. The number of nitrogens with zero attached hydrogens (tertiary/aromatic N) is 5. The van der Waals surface area contributed by atoms with E-state index in [4.69, 9.17) is 19.7 Å². The van der Waals surface area contributed by atoms with Crippen molar-refractivity contribution in [1.82, 2.24) is 20.3 Å². The smallest absolute Gasteiger partial charge is 0.407 e. The summed E-state index contributed by atoms with van der Waals surface area (Å²) < 4.78 is 5.71. The number of carbonyl (C=O) groups is 1. The molecule has 1 N–H and O–H groups in total. The lowest BCUT2D eigenvalue weighted by atomic mass is 9.95. The lowest BCUT2D eigenvalue weighted by molar-refractivity contribution is 0.0824. The van der Waals surface area contributed by atoms with E-state index >= 15 is 0 Å². The van der Waals surface area contributed by atoms with Gasteiger partial charge in [0, 0.05) is 48.9 Å². The highest BCUT2D eigenvalue weighted by Crippen LogP contribution is 2.35. The van der Waals surface area contributed by atoms with Crippen LogP contribution in [0.15, 0.2) is 48.8 Å². The lowest BCUT2D eigenvalue weighted by Crippen LogP contribution is -2.48. The van der Waals surface area contributed by atoms with E-state index < -0.39 is 0 Å². The van der Waals surface area contributed by atoms with Crippen LogP contribution in [0.25, 0.3) is 10.9 Å². The van der Waals surface area contributed by atoms with Gasteiger partial charge in [-0.25, -0.2) is 14.8 Å². The molecular formula is C26H32N6O2. The predicted molar refractivity (Wildman–Crippen MR) is 133 cm³/mol. The number of nitrogens with one attached hydrogen (secondary N) is 1. The molecule has 0 spiro atoms. The van der Waals surface area contributed by atoms with Crippen LogP contribution in [0.4, 0.5) is 16.4 Å². The molecule has 1 amide bonds. The van der Waals surface area contributed by atoms with Gasteiger partial charge in [0.1, 0.15) is 11.9 Å². The van der Waals surface area contributed by atoms with Gasteiger partial charge in [0.15, 0.2) is 5.82 Å². The van der Waals surface area contributed by atoms with Crippen molar-refractivity contribution in [3.8, 4) is 0 Å². The highest BCUT2D eigenvalue weighted by molar-refractivity contribution is 5.80. The Bertz CT molecular complexity index is 1170. The van der Waals surface area contributed by atoms with E-state index in [1.165, 1.54) is 0 Å². The molecule has 0 bridgehead atoms. The third-order valence-electron chi connectivity index (χ3n) is 6.31. The summed E-state index contributed by atoms with van der Waals surface area (Å²) >= 11 is 0. The predicted octanol–water partition coefficient (Wildman–Crippen LogP) is 4.12. The largest absolute Gasteiger partial charge is 0.444 e. The molecule has 3 aromatic rings. The number of anilines is 2. The topological polar surface area (TPSA) is 83.5 Å². The van der Waals surface area contributed by atoms with Gasteiger partial charge in [-0.2, -0.15) is 0 Å². The molecule has 34 heavy (non-hydrogen) atoms. The molecule has 5 rings (SSSR count). The molecule has 2 aromatic heterocycles. The van der Waals surface area contributed by atoms with E-state index in [-0.39, 0.29) is 17.7 Å². The molecule has 8 heteroatoms. The molecular weight excluding hydrogens is 428 g/mol. The van der Waals surface area contributed by atoms with E-state index in [0.717, 1.165) is 60.7 Å². The zero-order chi connectivity index (χ0) is 23.7. The number of para-hydroxylation sites is 1. The Hall–Kier alpha value is -3.42. The Morgan fingerprint density at radius 2 is 1.82 bits per heavy atom. The van der Waals surface area contributed by atoms with Crippen LogP contribution in [-0.2, 0) is 4.74 Å². The minimum absolute atomic E-state index is 0.161. The Balaban J connectivity index is 1.25. The van der Waals surface area contributed by atoms with Crippen molar-refractivity contribution >= 4 is 28.6 Å². The molecule has 0 aliphatic carbocycles. The monoisotopic (exact) mass is 460 g/mol. The van der Waals surface area contributed by atoms with Crippen LogP contribution in [0.1, 0.15) is 45.2 Å². The van der Waals surface area contributed by atoms with Gasteiger partial charge in [-0.1, -0.05) is 18.2 Å². The molecule has 1 unspecified atom stereocenters. The molecule has 178 valence electrons.